The zero-order valence-corrected chi connectivity index (χ0v) is 55.0. The highest BCUT2D eigenvalue weighted by Crippen LogP contribution is 2.41. The van der Waals surface area contributed by atoms with Crippen LogP contribution in [0, 0.1) is 18.8 Å². The van der Waals surface area contributed by atoms with E-state index in [0.29, 0.717) is 101 Å². The largest absolute Gasteiger partial charge is 0.481 e. The summed E-state index contributed by atoms with van der Waals surface area (Å²) in [5, 5.41) is 53.8. The lowest BCUT2D eigenvalue weighted by Gasteiger charge is -2.23. The number of nitrogens with one attached hydrogen (secondary N) is 5. The number of carboxylic acids is 2. The van der Waals surface area contributed by atoms with E-state index in [1.807, 2.05) is 13.8 Å². The smallest absolute Gasteiger partial charge is 0.415 e. The van der Waals surface area contributed by atoms with Gasteiger partial charge >= 0.3 is 18.0 Å². The fourth-order valence-electron chi connectivity index (χ4n) is 10.2. The van der Waals surface area contributed by atoms with Crippen LogP contribution in [0.3, 0.4) is 0 Å². The first-order valence-corrected chi connectivity index (χ1v) is 34.3. The third kappa shape index (κ3) is 15.7. The highest BCUT2D eigenvalue weighted by atomic mass is 32.1. The van der Waals surface area contributed by atoms with Gasteiger partial charge in [0.05, 0.1) is 48.1 Å². The second-order valence-corrected chi connectivity index (χ2v) is 27.7. The molecule has 8 aromatic rings. The summed E-state index contributed by atoms with van der Waals surface area (Å²) in [5.74, 6) is -5.57. The van der Waals surface area contributed by atoms with E-state index in [4.69, 9.17) is 44.4 Å². The highest BCUT2D eigenvalue weighted by molar-refractivity contribution is 7.15. The summed E-state index contributed by atoms with van der Waals surface area (Å²) >= 11 is 7.01. The molecular weight excluding hydrogens is 1300 g/mol. The van der Waals surface area contributed by atoms with Gasteiger partial charge in [0.2, 0.25) is 11.8 Å². The van der Waals surface area contributed by atoms with E-state index in [1.165, 1.54) is 53.1 Å². The molecule has 10 bridgehead atoms. The van der Waals surface area contributed by atoms with E-state index < -0.39 is 90.4 Å². The van der Waals surface area contributed by atoms with Crippen LogP contribution in [-0.4, -0.2) is 131 Å². The minimum Gasteiger partial charge on any atom is -0.481 e. The molecule has 6 atom stereocenters. The number of aliphatic carboxylic acids is 2. The number of rotatable bonds is 17. The normalized spacial score (nSPS) is 18.3. The first-order chi connectivity index (χ1) is 44.2. The molecule has 92 heavy (non-hydrogen) atoms. The Morgan fingerprint density at radius 3 is 2.17 bits per heavy atom. The van der Waals surface area contributed by atoms with Crippen molar-refractivity contribution in [3.63, 3.8) is 0 Å². The first-order valence-electron chi connectivity index (χ1n) is 29.1. The molecule has 6 amide bonds. The standard InChI is InChI=1S/C60H63N13O13S6/c1-28(2)44-58-72-47(39(92-58)23-85-5)51(80)62-22-42(75)69-48(49(78)30-12-8-6-9-13-30)57-67-38(26-89-57)55-65-36(24-88-55)46-33(53-66-37(25-87-53)50(79)64-35(21-41(74)61-4)56-71-45(29(3)91-56)52(81)70-44)17-18-34(63-46)54-68-40(27-90-54)73(19-11-7-10-14-43(76)77)60(84)86-32-16-15-31(20-32)59(82)83/h6,8-9,12-13,17-18,24-28,31-32,35,44,48-49,78H,7,10-11,14-16,19-23H2,1-5H3,(H,61,74)(H,62,80)(H,64,79)(H,69,75)(H,70,81)(H,76,77)(H,82,83)/t31-,32-,35-,44-,48-,49-/m0/s1. The molecular formula is C60H63N13O13S6. The fraction of sp³-hybridized carbons (Fsp3) is 0.383. The summed E-state index contributed by atoms with van der Waals surface area (Å²) in [6, 6.07) is 9.28. The van der Waals surface area contributed by atoms with Gasteiger partial charge in [0.15, 0.2) is 0 Å². The number of anilines is 1. The molecule has 1 aromatic carbocycles. The number of aliphatic hydroxyl groups excluding tert-OH is 1. The van der Waals surface area contributed by atoms with Gasteiger partial charge in [-0.15, -0.1) is 68.0 Å². The van der Waals surface area contributed by atoms with Crippen LogP contribution in [0.15, 0.2) is 64.0 Å². The van der Waals surface area contributed by atoms with Crippen molar-refractivity contribution in [2.24, 2.45) is 11.8 Å². The summed E-state index contributed by atoms with van der Waals surface area (Å²) in [6.45, 7) is 5.02. The Morgan fingerprint density at radius 1 is 0.707 bits per heavy atom. The second kappa shape index (κ2) is 29.9. The first kappa shape index (κ1) is 66.5. The molecule has 32 heteroatoms. The van der Waals surface area contributed by atoms with E-state index in [2.05, 4.69) is 26.6 Å². The number of unbranched alkanes of at least 4 members (excludes halogenated alkanes) is 2. The Hall–Kier alpha value is -8.37. The predicted octanol–water partition coefficient (Wildman–Crippen LogP) is 9.15. The van der Waals surface area contributed by atoms with E-state index in [9.17, 15) is 53.7 Å². The minimum absolute atomic E-state index is 0.00912. The maximum Gasteiger partial charge on any atom is 0.415 e. The molecule has 10 rings (SSSR count). The van der Waals surface area contributed by atoms with Crippen LogP contribution in [0.25, 0.3) is 43.4 Å². The zero-order valence-electron chi connectivity index (χ0n) is 50.1. The van der Waals surface area contributed by atoms with Crippen molar-refractivity contribution >= 4 is 121 Å². The molecule has 1 fully saturated rings. The van der Waals surface area contributed by atoms with Gasteiger partial charge < -0.3 is 51.4 Å². The van der Waals surface area contributed by atoms with E-state index >= 15 is 0 Å². The third-order valence-corrected chi connectivity index (χ3v) is 20.7. The summed E-state index contributed by atoms with van der Waals surface area (Å²) in [5.41, 5.74) is 2.36. The average Bonchev–Trinajstić information content (AvgIpc) is 1.62. The van der Waals surface area contributed by atoms with Crippen LogP contribution in [0.1, 0.15) is 151 Å². The molecule has 7 aromatic heterocycles. The van der Waals surface area contributed by atoms with E-state index in [1.54, 1.807) is 70.9 Å². The SMILES string of the molecule is CNC(=O)C[C@@H]1NC(=O)c2csc(n2)-c2ccc(-c3nc(N(CCCCCC(=O)O)C(=O)O[C@H]4CC[C@H](C(=O)O)C4)cs3)nc2-c2csc(n2)-c2csc(n2)[C@H]([C@@H](O)c2ccccc2)NC(=O)CNC(=O)c2nc(sc2COC)[C@H](C(C)C)NC(=O)c2nc1sc2C. The van der Waals surface area contributed by atoms with Gasteiger partial charge in [0.1, 0.15) is 88.3 Å². The quantitative estimate of drug-likeness (QED) is 0.0394. The molecule has 1 saturated carbocycles. The van der Waals surface area contributed by atoms with Gasteiger partial charge in [0, 0.05) is 59.1 Å². The van der Waals surface area contributed by atoms with Crippen LogP contribution >= 0.6 is 68.0 Å². The number of thiazole rings is 6. The van der Waals surface area contributed by atoms with Crippen LogP contribution < -0.4 is 31.5 Å². The highest BCUT2D eigenvalue weighted by Gasteiger charge is 2.36. The molecule has 8 N–H and O–H groups in total. The number of amides is 6. The number of aliphatic hydroxyl groups is 1. The maximum atomic E-state index is 14.4. The number of nitrogens with zero attached hydrogens (tertiary/aromatic N) is 8. The topological polar surface area (TPSA) is 369 Å². The molecule has 0 unspecified atom stereocenters. The number of aromatic nitrogens is 7. The predicted molar refractivity (Wildman–Crippen MR) is 346 cm³/mol. The Bertz CT molecular complexity index is 4030. The summed E-state index contributed by atoms with van der Waals surface area (Å²) in [7, 11) is 2.92. The number of pyridine rings is 1. The maximum absolute atomic E-state index is 14.4. The van der Waals surface area contributed by atoms with Gasteiger partial charge in [0.25, 0.3) is 17.7 Å². The average molecular weight is 1370 g/mol. The van der Waals surface area contributed by atoms with Crippen molar-refractivity contribution in [3.8, 4) is 43.4 Å². The molecule has 8 heterocycles. The number of carboxylic acid groups (broad SMARTS) is 2. The minimum atomic E-state index is -1.31. The van der Waals surface area contributed by atoms with Crippen molar-refractivity contribution in [1.29, 1.82) is 0 Å². The van der Waals surface area contributed by atoms with Crippen molar-refractivity contribution in [2.45, 2.75) is 109 Å². The molecule has 26 nitrogen and oxygen atoms in total. The summed E-state index contributed by atoms with van der Waals surface area (Å²) < 4.78 is 11.3. The Balaban J connectivity index is 1.04. The number of fused-ring (bicyclic) bond motifs is 14. The van der Waals surface area contributed by atoms with Gasteiger partial charge in [-0.3, -0.25) is 38.5 Å². The zero-order chi connectivity index (χ0) is 65.3. The van der Waals surface area contributed by atoms with Gasteiger partial charge in [-0.25, -0.2) is 39.7 Å². The summed E-state index contributed by atoms with van der Waals surface area (Å²) in [4.78, 5) is 143. The molecule has 2 aliphatic rings. The Labute approximate surface area is 550 Å². The number of carbonyl (C=O) groups excluding carboxylic acids is 6. The van der Waals surface area contributed by atoms with Gasteiger partial charge in [-0.1, -0.05) is 50.6 Å². The number of aryl methyl sites for hydroxylation is 1. The lowest BCUT2D eigenvalue weighted by Crippen LogP contribution is -2.40. The number of hydrogen-bond acceptors (Lipinski definition) is 24. The lowest BCUT2D eigenvalue weighted by molar-refractivity contribution is -0.142. The van der Waals surface area contributed by atoms with Crippen LogP contribution in [0.2, 0.25) is 0 Å². The molecule has 0 radical (unpaired) electrons. The van der Waals surface area contributed by atoms with E-state index in [-0.39, 0.29) is 66.2 Å². The summed E-state index contributed by atoms with van der Waals surface area (Å²) in [6.07, 6.45) is -0.759. The number of ether oxygens (including phenoxy) is 2. The Morgan fingerprint density at radius 2 is 1.43 bits per heavy atom. The molecule has 1 aliphatic carbocycles. The number of methoxy groups -OCH3 is 1. The van der Waals surface area contributed by atoms with Crippen LogP contribution in [0.4, 0.5) is 10.6 Å². The number of hydrogen-bond donors (Lipinski definition) is 8. The van der Waals surface area contributed by atoms with Crippen LogP contribution in [0.5, 0.6) is 0 Å². The fourth-order valence-corrected chi connectivity index (χ4v) is 15.8. The van der Waals surface area contributed by atoms with Crippen molar-refractivity contribution in [2.75, 3.05) is 32.1 Å². The van der Waals surface area contributed by atoms with Crippen LogP contribution in [-0.2, 0) is 35.3 Å². The molecule has 482 valence electrons. The Kier molecular flexibility index (Phi) is 21.7. The molecule has 0 spiro atoms. The van der Waals surface area contributed by atoms with Crippen molar-refractivity contribution in [3.05, 3.63) is 111 Å². The van der Waals surface area contributed by atoms with Crippen molar-refractivity contribution in [1.82, 2.24) is 61.5 Å². The molecule has 0 saturated heterocycles. The van der Waals surface area contributed by atoms with Gasteiger partial charge in [-0.05, 0) is 62.6 Å². The number of carbonyl (C=O) groups is 8. The van der Waals surface area contributed by atoms with Gasteiger partial charge in [-0.2, -0.15) is 0 Å². The van der Waals surface area contributed by atoms with Crippen molar-refractivity contribution < 1.29 is 63.1 Å². The lowest BCUT2D eigenvalue weighted by atomic mass is 10.0. The third-order valence-electron chi connectivity index (χ3n) is 15.0. The number of benzene rings is 1. The second-order valence-electron chi connectivity index (χ2n) is 21.9. The molecule has 1 aliphatic heterocycles. The van der Waals surface area contributed by atoms with E-state index in [0.717, 1.165) is 34.0 Å². The monoisotopic (exact) mass is 1370 g/mol.